The molecule has 0 spiro atoms. The number of amides is 1. The van der Waals surface area contributed by atoms with Crippen LogP contribution in [0.3, 0.4) is 0 Å². The molecule has 1 amide bonds. The molecule has 0 saturated heterocycles. The zero-order chi connectivity index (χ0) is 19.4. The van der Waals surface area contributed by atoms with Crippen molar-refractivity contribution in [1.82, 2.24) is 14.9 Å². The molecule has 0 unspecified atom stereocenters. The van der Waals surface area contributed by atoms with Gasteiger partial charge in [-0.15, -0.1) is 11.3 Å². The fourth-order valence-corrected chi connectivity index (χ4v) is 3.28. The van der Waals surface area contributed by atoms with Crippen molar-refractivity contribution in [2.45, 2.75) is 6.54 Å². The molecular formula is C19H19N3O4S. The fraction of sp³-hybridized carbons (Fsp3) is 0.211. The Morgan fingerprint density at radius 1 is 1.30 bits per heavy atom. The Balaban J connectivity index is 1.75. The van der Waals surface area contributed by atoms with Gasteiger partial charge in [0.25, 0.3) is 5.56 Å². The number of nitrogens with zero attached hydrogens (tertiary/aromatic N) is 2. The molecule has 3 rings (SSSR count). The van der Waals surface area contributed by atoms with E-state index >= 15 is 0 Å². The molecule has 140 valence electrons. The number of carbonyl (C=O) groups excluding carboxylic acids is 1. The Kier molecular flexibility index (Phi) is 5.56. The summed E-state index contributed by atoms with van der Waals surface area (Å²) in [6.45, 7) is 0.194. The lowest BCUT2D eigenvalue weighted by Crippen LogP contribution is -2.26. The van der Waals surface area contributed by atoms with Crippen LogP contribution in [0.15, 0.2) is 40.5 Å². The van der Waals surface area contributed by atoms with E-state index in [0.29, 0.717) is 27.5 Å². The number of hydrogen-bond donors (Lipinski definition) is 1. The maximum atomic E-state index is 12.4. The Hall–Kier alpha value is -3.13. The largest absolute Gasteiger partial charge is 0.497 e. The van der Waals surface area contributed by atoms with Gasteiger partial charge < -0.3 is 19.4 Å². The van der Waals surface area contributed by atoms with E-state index in [4.69, 9.17) is 9.47 Å². The SMILES string of the molecule is COc1ccc(OC)c(/C=C\C(=O)N(C)Cc2nc3ccsc3c(=O)[nH]2)c1. The molecule has 27 heavy (non-hydrogen) atoms. The predicted octanol–water partition coefficient (Wildman–Crippen LogP) is 2.67. The molecule has 7 nitrogen and oxygen atoms in total. The van der Waals surface area contributed by atoms with Gasteiger partial charge in [0, 0.05) is 18.7 Å². The molecule has 0 radical (unpaired) electrons. The van der Waals surface area contributed by atoms with E-state index in [-0.39, 0.29) is 18.0 Å². The van der Waals surface area contributed by atoms with Gasteiger partial charge in [0.15, 0.2) is 0 Å². The van der Waals surface area contributed by atoms with Crippen LogP contribution in [0.2, 0.25) is 0 Å². The van der Waals surface area contributed by atoms with E-state index in [0.717, 1.165) is 5.56 Å². The second kappa shape index (κ2) is 8.05. The highest BCUT2D eigenvalue weighted by molar-refractivity contribution is 7.17. The van der Waals surface area contributed by atoms with Gasteiger partial charge in [0.2, 0.25) is 5.91 Å². The molecule has 0 bridgehead atoms. The van der Waals surface area contributed by atoms with Crippen LogP contribution in [0.5, 0.6) is 11.5 Å². The molecule has 8 heteroatoms. The average Bonchev–Trinajstić information content (AvgIpc) is 3.14. The fourth-order valence-electron chi connectivity index (χ4n) is 2.56. The predicted molar refractivity (Wildman–Crippen MR) is 105 cm³/mol. The molecule has 2 aromatic heterocycles. The van der Waals surface area contributed by atoms with Crippen LogP contribution in [-0.2, 0) is 11.3 Å². The summed E-state index contributed by atoms with van der Waals surface area (Å²) in [5.41, 5.74) is 1.17. The number of H-pyrrole nitrogens is 1. The summed E-state index contributed by atoms with van der Waals surface area (Å²) in [5.74, 6) is 1.51. The summed E-state index contributed by atoms with van der Waals surface area (Å²) < 4.78 is 11.1. The number of nitrogens with one attached hydrogen (secondary N) is 1. The van der Waals surface area contributed by atoms with Crippen molar-refractivity contribution in [3.05, 3.63) is 57.5 Å². The van der Waals surface area contributed by atoms with E-state index in [1.54, 1.807) is 51.6 Å². The number of carbonyl (C=O) groups is 1. The summed E-state index contributed by atoms with van der Waals surface area (Å²) in [7, 11) is 4.79. The van der Waals surface area contributed by atoms with Gasteiger partial charge >= 0.3 is 0 Å². The Bertz CT molecular complexity index is 1050. The Morgan fingerprint density at radius 2 is 2.11 bits per heavy atom. The van der Waals surface area contributed by atoms with Crippen molar-refractivity contribution in [1.29, 1.82) is 0 Å². The second-order valence-corrected chi connectivity index (χ2v) is 6.70. The van der Waals surface area contributed by atoms with Gasteiger partial charge in [-0.25, -0.2) is 4.98 Å². The minimum atomic E-state index is -0.229. The molecule has 2 heterocycles. The molecule has 0 fully saturated rings. The molecule has 3 aromatic rings. The highest BCUT2D eigenvalue weighted by Crippen LogP contribution is 2.25. The third-order valence-electron chi connectivity index (χ3n) is 3.97. The standard InChI is InChI=1S/C19H19N3O4S/c1-22(11-16-20-14-8-9-27-18(14)19(24)21-16)17(23)7-4-12-10-13(25-2)5-6-15(12)26-3/h4-10H,11H2,1-3H3,(H,20,21,24)/b7-4-. The van der Waals surface area contributed by atoms with E-state index < -0.39 is 0 Å². The normalized spacial score (nSPS) is 11.1. The summed E-state index contributed by atoms with van der Waals surface area (Å²) in [4.78, 5) is 33.0. The van der Waals surface area contributed by atoms with E-state index in [1.807, 2.05) is 5.38 Å². The quantitative estimate of drug-likeness (QED) is 0.660. The van der Waals surface area contributed by atoms with Crippen molar-refractivity contribution in [2.75, 3.05) is 21.3 Å². The first-order valence-electron chi connectivity index (χ1n) is 8.13. The highest BCUT2D eigenvalue weighted by atomic mass is 32.1. The number of thiophene rings is 1. The molecule has 1 aromatic carbocycles. The third-order valence-corrected chi connectivity index (χ3v) is 4.87. The first-order valence-corrected chi connectivity index (χ1v) is 9.01. The lowest BCUT2D eigenvalue weighted by Gasteiger charge is -2.14. The number of methoxy groups -OCH3 is 2. The van der Waals surface area contributed by atoms with Crippen molar-refractivity contribution in [3.63, 3.8) is 0 Å². The van der Waals surface area contributed by atoms with Crippen LogP contribution in [0.1, 0.15) is 11.4 Å². The topological polar surface area (TPSA) is 84.5 Å². The molecular weight excluding hydrogens is 366 g/mol. The zero-order valence-corrected chi connectivity index (χ0v) is 16.0. The number of aromatic amines is 1. The Morgan fingerprint density at radius 3 is 2.85 bits per heavy atom. The van der Waals surface area contributed by atoms with Gasteiger partial charge in [-0.3, -0.25) is 9.59 Å². The van der Waals surface area contributed by atoms with Crippen LogP contribution in [0, 0.1) is 0 Å². The van der Waals surface area contributed by atoms with E-state index in [1.165, 1.54) is 22.3 Å². The van der Waals surface area contributed by atoms with Gasteiger partial charge in [-0.2, -0.15) is 0 Å². The van der Waals surface area contributed by atoms with Crippen molar-refractivity contribution >= 4 is 33.5 Å². The van der Waals surface area contributed by atoms with E-state index in [2.05, 4.69) is 9.97 Å². The monoisotopic (exact) mass is 385 g/mol. The lowest BCUT2D eigenvalue weighted by atomic mass is 10.1. The second-order valence-electron chi connectivity index (χ2n) is 5.78. The van der Waals surface area contributed by atoms with Crippen molar-refractivity contribution < 1.29 is 14.3 Å². The van der Waals surface area contributed by atoms with Crippen molar-refractivity contribution in [2.24, 2.45) is 0 Å². The number of benzene rings is 1. The zero-order valence-electron chi connectivity index (χ0n) is 15.2. The Labute approximate surface area is 159 Å². The molecule has 0 saturated carbocycles. The van der Waals surface area contributed by atoms with Gasteiger partial charge in [0.05, 0.1) is 26.3 Å². The first kappa shape index (κ1) is 18.7. The summed E-state index contributed by atoms with van der Waals surface area (Å²) in [6, 6.07) is 7.13. The number of ether oxygens (including phenoxy) is 2. The van der Waals surface area contributed by atoms with Crippen LogP contribution in [0.25, 0.3) is 16.3 Å². The minimum Gasteiger partial charge on any atom is -0.497 e. The molecule has 0 aliphatic carbocycles. The number of likely N-dealkylation sites (N-methyl/N-ethyl adjacent to an activating group) is 1. The number of hydrogen-bond acceptors (Lipinski definition) is 6. The summed E-state index contributed by atoms with van der Waals surface area (Å²) in [6.07, 6.45) is 3.11. The van der Waals surface area contributed by atoms with E-state index in [9.17, 15) is 9.59 Å². The minimum absolute atomic E-state index is 0.192. The van der Waals surface area contributed by atoms with Crippen LogP contribution in [-0.4, -0.2) is 42.0 Å². The smallest absolute Gasteiger partial charge is 0.268 e. The van der Waals surface area contributed by atoms with Crippen LogP contribution in [0.4, 0.5) is 0 Å². The van der Waals surface area contributed by atoms with Gasteiger partial charge in [0.1, 0.15) is 22.0 Å². The molecule has 0 aliphatic heterocycles. The number of fused-ring (bicyclic) bond motifs is 1. The average molecular weight is 385 g/mol. The maximum absolute atomic E-state index is 12.4. The van der Waals surface area contributed by atoms with Gasteiger partial charge in [-0.1, -0.05) is 0 Å². The molecule has 0 aliphatic rings. The lowest BCUT2D eigenvalue weighted by molar-refractivity contribution is -0.125. The third kappa shape index (κ3) is 4.17. The summed E-state index contributed by atoms with van der Waals surface area (Å²) in [5, 5.41) is 1.82. The molecule has 0 atom stereocenters. The maximum Gasteiger partial charge on any atom is 0.268 e. The van der Waals surface area contributed by atoms with Crippen LogP contribution >= 0.6 is 11.3 Å². The van der Waals surface area contributed by atoms with Gasteiger partial charge in [-0.05, 0) is 35.7 Å². The first-order chi connectivity index (χ1) is 13.0. The van der Waals surface area contributed by atoms with Crippen molar-refractivity contribution in [3.8, 4) is 11.5 Å². The number of rotatable bonds is 6. The molecule has 1 N–H and O–H groups in total. The highest BCUT2D eigenvalue weighted by Gasteiger charge is 2.11. The summed E-state index contributed by atoms with van der Waals surface area (Å²) >= 11 is 1.34. The van der Waals surface area contributed by atoms with Crippen LogP contribution < -0.4 is 15.0 Å². The number of aromatic nitrogens is 2.